The average molecular weight is 484 g/mol. The molecule has 0 fully saturated rings. The minimum Gasteiger partial charge on any atom is -0.368 e. The van der Waals surface area contributed by atoms with E-state index in [1.165, 1.54) is 6.92 Å². The molecular weight excluding hydrogens is 451 g/mol. The van der Waals surface area contributed by atoms with Crippen molar-refractivity contribution in [3.63, 3.8) is 0 Å². The number of rotatable bonds is 12. The lowest BCUT2D eigenvalue weighted by atomic mass is 9.98. The van der Waals surface area contributed by atoms with Crippen LogP contribution in [0.4, 0.5) is 0 Å². The Bertz CT molecular complexity index is 1150. The van der Waals surface area contributed by atoms with Gasteiger partial charge in [0.15, 0.2) is 0 Å². The number of hydrogen-bond donors (Lipinski definition) is 6. The maximum atomic E-state index is 13.2. The van der Waals surface area contributed by atoms with Crippen LogP contribution in [0.5, 0.6) is 0 Å². The van der Waals surface area contributed by atoms with E-state index in [1.807, 2.05) is 54.6 Å². The number of H-pyrrole nitrogens is 1. The Hall–Kier alpha value is -3.06. The molecule has 2 aromatic carbocycles. The molecule has 8 nitrogen and oxygen atoms in total. The second-order valence-electron chi connectivity index (χ2n) is 8.60. The summed E-state index contributed by atoms with van der Waals surface area (Å²) >= 11 is 0. The summed E-state index contributed by atoms with van der Waals surface area (Å²) in [5, 5.41) is 11.4. The molecule has 1 heterocycles. The highest BCUT2D eigenvalue weighted by atomic mass is 31.2. The third kappa shape index (κ3) is 6.73. The van der Waals surface area contributed by atoms with E-state index in [0.29, 0.717) is 12.8 Å². The summed E-state index contributed by atoms with van der Waals surface area (Å²) in [7, 11) is -3.69. The Labute approximate surface area is 199 Å². The zero-order valence-electron chi connectivity index (χ0n) is 19.2. The molecule has 3 aromatic rings. The number of primary amides is 1. The number of aromatic amines is 1. The van der Waals surface area contributed by atoms with E-state index in [2.05, 4.69) is 10.3 Å². The van der Waals surface area contributed by atoms with Crippen LogP contribution in [0.25, 0.3) is 10.9 Å². The van der Waals surface area contributed by atoms with Crippen LogP contribution in [0.3, 0.4) is 0 Å². The number of aryl methyl sites for hydroxylation is 1. The molecule has 2 amide bonds. The Balaban J connectivity index is 1.72. The van der Waals surface area contributed by atoms with Crippen molar-refractivity contribution in [2.45, 2.75) is 38.6 Å². The molecule has 0 aliphatic rings. The number of amides is 2. The van der Waals surface area contributed by atoms with E-state index in [0.717, 1.165) is 28.5 Å². The van der Waals surface area contributed by atoms with E-state index in [-0.39, 0.29) is 18.0 Å². The third-order valence-electron chi connectivity index (χ3n) is 6.00. The van der Waals surface area contributed by atoms with Crippen molar-refractivity contribution in [2.24, 2.45) is 11.7 Å². The molecule has 2 unspecified atom stereocenters. The quantitative estimate of drug-likeness (QED) is 0.173. The number of fused-ring (bicyclic) bond motifs is 1. The van der Waals surface area contributed by atoms with Gasteiger partial charge in [0.2, 0.25) is 17.3 Å². The number of nitrogens with two attached hydrogens (primary N) is 1. The van der Waals surface area contributed by atoms with Crippen molar-refractivity contribution in [1.82, 2.24) is 10.3 Å². The SMILES string of the molecule is CC(=N)[P+](O)(O)CC(CCCc1ccccc1)C(=O)NC(Cc1c[nH]c2ccccc12)C(N)=O. The van der Waals surface area contributed by atoms with Gasteiger partial charge in [0, 0.05) is 30.4 Å². The van der Waals surface area contributed by atoms with Crippen molar-refractivity contribution in [1.29, 1.82) is 5.41 Å². The molecule has 3 rings (SSSR count). The van der Waals surface area contributed by atoms with E-state index >= 15 is 0 Å². The number of benzene rings is 2. The average Bonchev–Trinajstić information content (AvgIpc) is 3.21. The van der Waals surface area contributed by atoms with Crippen LogP contribution in [0.2, 0.25) is 0 Å². The summed E-state index contributed by atoms with van der Waals surface area (Å²) in [6.45, 7) is 1.33. The second kappa shape index (κ2) is 11.4. The topological polar surface area (TPSA) is 152 Å². The molecule has 2 atom stereocenters. The molecule has 7 N–H and O–H groups in total. The van der Waals surface area contributed by atoms with Gasteiger partial charge in [-0.2, -0.15) is 0 Å². The highest BCUT2D eigenvalue weighted by Gasteiger charge is 2.42. The number of nitrogens with one attached hydrogen (secondary N) is 3. The molecule has 0 saturated carbocycles. The van der Waals surface area contributed by atoms with E-state index in [4.69, 9.17) is 11.1 Å². The molecule has 0 spiro atoms. The Morgan fingerprint density at radius 2 is 1.79 bits per heavy atom. The highest BCUT2D eigenvalue weighted by Crippen LogP contribution is 2.52. The Morgan fingerprint density at radius 3 is 2.47 bits per heavy atom. The van der Waals surface area contributed by atoms with Gasteiger partial charge in [-0.15, -0.1) is 0 Å². The van der Waals surface area contributed by atoms with Crippen molar-refractivity contribution >= 4 is 35.9 Å². The highest BCUT2D eigenvalue weighted by molar-refractivity contribution is 7.81. The lowest BCUT2D eigenvalue weighted by Gasteiger charge is -2.22. The van der Waals surface area contributed by atoms with Crippen LogP contribution in [0.1, 0.15) is 30.9 Å². The molecule has 0 aliphatic carbocycles. The molecule has 34 heavy (non-hydrogen) atoms. The monoisotopic (exact) mass is 483 g/mol. The molecule has 1 aromatic heterocycles. The van der Waals surface area contributed by atoms with E-state index < -0.39 is 31.5 Å². The smallest absolute Gasteiger partial charge is 0.314 e. The van der Waals surface area contributed by atoms with Gasteiger partial charge < -0.3 is 16.0 Å². The molecule has 0 aliphatic heterocycles. The summed E-state index contributed by atoms with van der Waals surface area (Å²) < 4.78 is 0. The number of hydrogen-bond acceptors (Lipinski definition) is 5. The summed E-state index contributed by atoms with van der Waals surface area (Å²) in [5.41, 5.74) is 8.26. The molecule has 0 saturated heterocycles. The molecule has 0 radical (unpaired) electrons. The molecule has 0 bridgehead atoms. The van der Waals surface area contributed by atoms with Gasteiger partial charge >= 0.3 is 7.72 Å². The van der Waals surface area contributed by atoms with Crippen molar-refractivity contribution in [3.8, 4) is 0 Å². The van der Waals surface area contributed by atoms with Gasteiger partial charge in [-0.3, -0.25) is 15.0 Å². The second-order valence-corrected chi connectivity index (χ2v) is 11.1. The molecule has 180 valence electrons. The summed E-state index contributed by atoms with van der Waals surface area (Å²) in [5.74, 6) is -1.90. The van der Waals surface area contributed by atoms with Crippen molar-refractivity contribution in [3.05, 3.63) is 71.9 Å². The first kappa shape index (κ1) is 25.6. The first-order valence-corrected chi connectivity index (χ1v) is 13.1. The fraction of sp³-hybridized carbons (Fsp3) is 0.320. The first-order valence-electron chi connectivity index (χ1n) is 11.3. The summed E-state index contributed by atoms with van der Waals surface area (Å²) in [6, 6.07) is 16.5. The fourth-order valence-electron chi connectivity index (χ4n) is 3.98. The predicted octanol–water partition coefficient (Wildman–Crippen LogP) is 3.15. The maximum Gasteiger partial charge on any atom is 0.314 e. The van der Waals surface area contributed by atoms with Gasteiger partial charge in [0.1, 0.15) is 12.2 Å². The van der Waals surface area contributed by atoms with Gasteiger partial charge in [0.05, 0.1) is 5.92 Å². The minimum atomic E-state index is -3.69. The zero-order valence-corrected chi connectivity index (χ0v) is 20.1. The first-order chi connectivity index (χ1) is 16.2. The maximum absolute atomic E-state index is 13.2. The van der Waals surface area contributed by atoms with Crippen LogP contribution in [-0.2, 0) is 22.4 Å². The number of para-hydroxylation sites is 1. The number of carbonyl (C=O) groups is 2. The van der Waals surface area contributed by atoms with Crippen LogP contribution >= 0.6 is 7.72 Å². The standard InChI is InChI=1S/C25H31N4O4P/c1-17(26)34(32,33)16-19(11-7-10-18-8-3-2-4-9-18)25(31)29-23(24(27)30)14-20-15-28-22-13-6-5-12-21(20)22/h2-6,8-9,12-13,15,19,23,26,28,32-33H,7,10-11,14,16H2,1H3,(H2-,27,29,30,31)/p+1. The van der Waals surface area contributed by atoms with Crippen molar-refractivity contribution in [2.75, 3.05) is 6.16 Å². The van der Waals surface area contributed by atoms with Gasteiger partial charge in [0.25, 0.3) is 0 Å². The van der Waals surface area contributed by atoms with Crippen LogP contribution < -0.4 is 11.1 Å². The Kier molecular flexibility index (Phi) is 8.56. The normalized spacial score (nSPS) is 13.4. The zero-order chi connectivity index (χ0) is 24.7. The van der Waals surface area contributed by atoms with Gasteiger partial charge in [-0.25, -0.2) is 9.79 Å². The van der Waals surface area contributed by atoms with E-state index in [1.54, 1.807) is 6.20 Å². The molecule has 9 heteroatoms. The largest absolute Gasteiger partial charge is 0.368 e. The summed E-state index contributed by atoms with van der Waals surface area (Å²) in [6.07, 6.45) is 3.52. The summed E-state index contributed by atoms with van der Waals surface area (Å²) in [4.78, 5) is 49.2. The lowest BCUT2D eigenvalue weighted by molar-refractivity contribution is -0.129. The predicted molar refractivity (Wildman–Crippen MR) is 136 cm³/mol. The number of aromatic nitrogens is 1. The lowest BCUT2D eigenvalue weighted by Crippen LogP contribution is -2.48. The van der Waals surface area contributed by atoms with Crippen LogP contribution in [-0.4, -0.2) is 44.2 Å². The fourth-order valence-corrected chi connectivity index (χ4v) is 5.22. The third-order valence-corrected chi connectivity index (χ3v) is 8.03. The van der Waals surface area contributed by atoms with Gasteiger partial charge in [-0.05, 0) is 36.5 Å². The van der Waals surface area contributed by atoms with E-state index in [9.17, 15) is 19.4 Å². The minimum absolute atomic E-state index is 0.212. The van der Waals surface area contributed by atoms with Crippen LogP contribution in [0, 0.1) is 11.3 Å². The van der Waals surface area contributed by atoms with Crippen LogP contribution in [0.15, 0.2) is 60.8 Å². The molecular formula is C25H32N4O4P+. The Morgan fingerprint density at radius 1 is 1.12 bits per heavy atom. The van der Waals surface area contributed by atoms with Gasteiger partial charge in [-0.1, -0.05) is 48.5 Å². The van der Waals surface area contributed by atoms with Crippen molar-refractivity contribution < 1.29 is 19.4 Å². The number of carbonyl (C=O) groups excluding carboxylic acids is 2.